The minimum absolute atomic E-state index is 0.0642. The van der Waals surface area contributed by atoms with Crippen LogP contribution in [0.5, 0.6) is 0 Å². The molecule has 2 aromatic rings. The molecule has 2 rings (SSSR count). The van der Waals surface area contributed by atoms with Crippen molar-refractivity contribution < 1.29 is 8.42 Å². The Kier molecular flexibility index (Phi) is 4.67. The monoisotopic (exact) mass is 318 g/mol. The normalized spacial score (nSPS) is 11.4. The largest absolute Gasteiger partial charge is 0.284 e. The fourth-order valence-corrected chi connectivity index (χ4v) is 3.38. The van der Waals surface area contributed by atoms with Gasteiger partial charge in [0.05, 0.1) is 5.75 Å². The Labute approximate surface area is 120 Å². The van der Waals surface area contributed by atoms with Crippen LogP contribution < -0.4 is 4.72 Å². The summed E-state index contributed by atoms with van der Waals surface area (Å²) in [6.45, 7) is 0. The number of anilines is 1. The number of alkyl halides is 1. The van der Waals surface area contributed by atoms with E-state index < -0.39 is 10.0 Å². The molecule has 0 bridgehead atoms. The molecule has 0 aliphatic carbocycles. The fraction of sp³-hybridized carbons (Fsp3) is 0.200. The number of hydrogen-bond donors (Lipinski definition) is 2. The molecule has 0 spiro atoms. The Hall–Kier alpha value is -1.25. The third-order valence-corrected chi connectivity index (χ3v) is 4.68. The smallest absolute Gasteiger partial charge is 0.233 e. The van der Waals surface area contributed by atoms with Gasteiger partial charge in [-0.25, -0.2) is 13.4 Å². The molecule has 0 saturated heterocycles. The summed E-state index contributed by atoms with van der Waals surface area (Å²) in [5.41, 5.74) is 0.507. The molecular weight excluding hydrogens is 308 g/mol. The van der Waals surface area contributed by atoms with Crippen molar-refractivity contribution in [2.24, 2.45) is 0 Å². The van der Waals surface area contributed by atoms with E-state index in [1.807, 2.05) is 0 Å². The number of halogens is 1. The molecular formula is C10H11ClN4O2S2. The number of rotatable bonds is 6. The average molecular weight is 319 g/mol. The van der Waals surface area contributed by atoms with Gasteiger partial charge >= 0.3 is 0 Å². The molecule has 1 aromatic heterocycles. The van der Waals surface area contributed by atoms with Crippen molar-refractivity contribution in [3.63, 3.8) is 0 Å². The van der Waals surface area contributed by atoms with E-state index in [4.69, 9.17) is 11.6 Å². The van der Waals surface area contributed by atoms with Gasteiger partial charge in [-0.05, 0) is 24.3 Å². The lowest BCUT2D eigenvalue weighted by molar-refractivity contribution is 0.602. The lowest BCUT2D eigenvalue weighted by atomic mass is 10.3. The summed E-state index contributed by atoms with van der Waals surface area (Å²) in [4.78, 5) is 4.92. The number of aromatic amines is 1. The van der Waals surface area contributed by atoms with Crippen LogP contribution in [-0.2, 0) is 10.0 Å². The van der Waals surface area contributed by atoms with E-state index >= 15 is 0 Å². The van der Waals surface area contributed by atoms with E-state index in [-0.39, 0.29) is 11.6 Å². The van der Waals surface area contributed by atoms with Crippen LogP contribution in [0.15, 0.2) is 40.6 Å². The highest BCUT2D eigenvalue weighted by Gasteiger charge is 2.09. The highest BCUT2D eigenvalue weighted by molar-refractivity contribution is 7.99. The van der Waals surface area contributed by atoms with Gasteiger partial charge in [-0.2, -0.15) is 5.10 Å². The Morgan fingerprint density at radius 2 is 2.05 bits per heavy atom. The first-order valence-electron chi connectivity index (χ1n) is 5.29. The van der Waals surface area contributed by atoms with Crippen molar-refractivity contribution in [1.82, 2.24) is 15.2 Å². The standard InChI is InChI=1S/C10H11ClN4O2S2/c11-5-6-19(16,17)15-8-1-3-9(4-2-8)18-10-12-7-13-14-10/h1-4,7,15H,5-6H2,(H,12,13,14). The lowest BCUT2D eigenvalue weighted by Crippen LogP contribution is -2.17. The quantitative estimate of drug-likeness (QED) is 0.795. The van der Waals surface area contributed by atoms with E-state index in [2.05, 4.69) is 19.9 Å². The fourth-order valence-electron chi connectivity index (χ4n) is 1.28. The van der Waals surface area contributed by atoms with Crippen LogP contribution in [0.25, 0.3) is 0 Å². The van der Waals surface area contributed by atoms with Crippen LogP contribution in [0, 0.1) is 0 Å². The maximum atomic E-state index is 11.5. The van der Waals surface area contributed by atoms with Gasteiger partial charge in [0, 0.05) is 16.5 Å². The predicted molar refractivity (Wildman–Crippen MR) is 75.1 cm³/mol. The molecule has 0 atom stereocenters. The minimum Gasteiger partial charge on any atom is -0.284 e. The number of aromatic nitrogens is 3. The molecule has 9 heteroatoms. The molecule has 0 aliphatic rings. The predicted octanol–water partition coefficient (Wildman–Crippen LogP) is 1.94. The lowest BCUT2D eigenvalue weighted by Gasteiger charge is -2.06. The molecule has 1 heterocycles. The maximum Gasteiger partial charge on any atom is 0.233 e. The summed E-state index contributed by atoms with van der Waals surface area (Å²) in [7, 11) is -3.36. The SMILES string of the molecule is O=S(=O)(CCCl)Nc1ccc(Sc2ncn[nH]2)cc1. The topological polar surface area (TPSA) is 87.7 Å². The third-order valence-electron chi connectivity index (χ3n) is 2.08. The molecule has 6 nitrogen and oxygen atoms in total. The average Bonchev–Trinajstić information content (AvgIpc) is 2.84. The molecule has 0 saturated carbocycles. The van der Waals surface area contributed by atoms with E-state index in [9.17, 15) is 8.42 Å². The molecule has 0 unspecified atom stereocenters. The third kappa shape index (κ3) is 4.41. The molecule has 0 amide bonds. The number of sulfonamides is 1. The summed E-state index contributed by atoms with van der Waals surface area (Å²) in [6, 6.07) is 6.96. The Balaban J connectivity index is 2.02. The number of nitrogens with zero attached hydrogens (tertiary/aromatic N) is 2. The van der Waals surface area contributed by atoms with Crippen LogP contribution in [0.4, 0.5) is 5.69 Å². The highest BCUT2D eigenvalue weighted by Crippen LogP contribution is 2.25. The summed E-state index contributed by atoms with van der Waals surface area (Å²) >= 11 is 6.82. The van der Waals surface area contributed by atoms with Crippen molar-refractivity contribution >= 4 is 39.1 Å². The summed E-state index contributed by atoms with van der Waals surface area (Å²) < 4.78 is 25.5. The molecule has 0 radical (unpaired) electrons. The van der Waals surface area contributed by atoms with Crippen LogP contribution >= 0.6 is 23.4 Å². The van der Waals surface area contributed by atoms with Crippen molar-refractivity contribution in [2.45, 2.75) is 10.1 Å². The zero-order valence-electron chi connectivity index (χ0n) is 9.71. The van der Waals surface area contributed by atoms with Crippen LogP contribution in [0.1, 0.15) is 0 Å². The summed E-state index contributed by atoms with van der Waals surface area (Å²) in [6.07, 6.45) is 1.43. The van der Waals surface area contributed by atoms with E-state index in [0.717, 1.165) is 4.90 Å². The highest BCUT2D eigenvalue weighted by atomic mass is 35.5. The minimum atomic E-state index is -3.36. The zero-order valence-corrected chi connectivity index (χ0v) is 12.1. The first-order chi connectivity index (χ1) is 9.09. The zero-order chi connectivity index (χ0) is 13.7. The summed E-state index contributed by atoms with van der Waals surface area (Å²) in [5, 5.41) is 7.15. The van der Waals surface area contributed by atoms with E-state index in [0.29, 0.717) is 10.8 Å². The van der Waals surface area contributed by atoms with Crippen LogP contribution in [-0.4, -0.2) is 35.2 Å². The second-order valence-electron chi connectivity index (χ2n) is 3.53. The van der Waals surface area contributed by atoms with E-state index in [1.165, 1.54) is 18.1 Å². The van der Waals surface area contributed by atoms with Crippen molar-refractivity contribution in [3.05, 3.63) is 30.6 Å². The van der Waals surface area contributed by atoms with Crippen molar-refractivity contribution in [1.29, 1.82) is 0 Å². The van der Waals surface area contributed by atoms with Gasteiger partial charge in [-0.15, -0.1) is 11.6 Å². The van der Waals surface area contributed by atoms with Crippen molar-refractivity contribution in [3.8, 4) is 0 Å². The molecule has 0 aliphatic heterocycles. The summed E-state index contributed by atoms with van der Waals surface area (Å²) in [5.74, 6) is -0.0438. The molecule has 1 aromatic carbocycles. The molecule has 19 heavy (non-hydrogen) atoms. The van der Waals surface area contributed by atoms with Gasteiger partial charge in [0.1, 0.15) is 6.33 Å². The van der Waals surface area contributed by atoms with Gasteiger partial charge < -0.3 is 0 Å². The van der Waals surface area contributed by atoms with Gasteiger partial charge in [0.25, 0.3) is 0 Å². The molecule has 0 fully saturated rings. The van der Waals surface area contributed by atoms with Gasteiger partial charge in [0.15, 0.2) is 5.16 Å². The Morgan fingerprint density at radius 3 is 2.63 bits per heavy atom. The molecule has 102 valence electrons. The number of nitrogens with one attached hydrogen (secondary N) is 2. The number of H-pyrrole nitrogens is 1. The molecule has 2 N–H and O–H groups in total. The Morgan fingerprint density at radius 1 is 1.32 bits per heavy atom. The van der Waals surface area contributed by atoms with Gasteiger partial charge in [-0.3, -0.25) is 9.82 Å². The first-order valence-corrected chi connectivity index (χ1v) is 8.29. The van der Waals surface area contributed by atoms with E-state index in [1.54, 1.807) is 24.3 Å². The van der Waals surface area contributed by atoms with Crippen molar-refractivity contribution in [2.75, 3.05) is 16.4 Å². The first kappa shape index (κ1) is 14.2. The second kappa shape index (κ2) is 6.27. The van der Waals surface area contributed by atoms with Crippen LogP contribution in [0.2, 0.25) is 0 Å². The van der Waals surface area contributed by atoms with Gasteiger partial charge in [0.2, 0.25) is 10.0 Å². The second-order valence-corrected chi connectivity index (χ2v) is 6.81. The maximum absolute atomic E-state index is 11.5. The Bertz CT molecular complexity index is 613. The van der Waals surface area contributed by atoms with Crippen LogP contribution in [0.3, 0.4) is 0 Å². The van der Waals surface area contributed by atoms with Gasteiger partial charge in [-0.1, -0.05) is 11.8 Å². The number of benzene rings is 1. The number of hydrogen-bond acceptors (Lipinski definition) is 5.